The molecule has 0 aromatic carbocycles. The highest BCUT2D eigenvalue weighted by molar-refractivity contribution is 5.92. The van der Waals surface area contributed by atoms with E-state index in [4.69, 9.17) is 5.10 Å². The molecule has 1 aliphatic carbocycles. The van der Waals surface area contributed by atoms with E-state index in [1.807, 2.05) is 28.3 Å². The van der Waals surface area contributed by atoms with Crippen LogP contribution in [0.2, 0.25) is 0 Å². The van der Waals surface area contributed by atoms with Gasteiger partial charge in [-0.05, 0) is 47.1 Å². The molecule has 8 heteroatoms. The molecule has 2 aliphatic rings. The molecule has 0 spiro atoms. The van der Waals surface area contributed by atoms with Crippen LogP contribution in [0, 0.1) is 0 Å². The predicted octanol–water partition coefficient (Wildman–Crippen LogP) is 1.79. The van der Waals surface area contributed by atoms with E-state index in [1.54, 1.807) is 0 Å². The summed E-state index contributed by atoms with van der Waals surface area (Å²) in [7, 11) is 0. The van der Waals surface area contributed by atoms with Gasteiger partial charge in [0.25, 0.3) is 5.91 Å². The van der Waals surface area contributed by atoms with Gasteiger partial charge in [-0.1, -0.05) is 32.9 Å². The number of likely N-dealkylation sites (N-methyl/N-ethyl adjacent to an activating group) is 2. The number of fused-ring (bicyclic) bond motifs is 1. The molecule has 1 atom stereocenters. The van der Waals surface area contributed by atoms with Gasteiger partial charge in [-0.25, -0.2) is 0 Å². The van der Waals surface area contributed by atoms with Gasteiger partial charge in [0.1, 0.15) is 0 Å². The molecule has 0 saturated carbocycles. The lowest BCUT2D eigenvalue weighted by molar-refractivity contribution is -0.119. The monoisotopic (exact) mass is 488 g/mol. The van der Waals surface area contributed by atoms with Crippen LogP contribution in [-0.2, 0) is 4.79 Å². The van der Waals surface area contributed by atoms with E-state index < -0.39 is 0 Å². The molecule has 35 heavy (non-hydrogen) atoms. The van der Waals surface area contributed by atoms with Crippen LogP contribution >= 0.6 is 0 Å². The van der Waals surface area contributed by atoms with E-state index in [0.29, 0.717) is 18.8 Å². The molecule has 1 fully saturated rings. The van der Waals surface area contributed by atoms with E-state index >= 15 is 0 Å². The Morgan fingerprint density at radius 2 is 1.71 bits per heavy atom. The molecular formula is C27H48N6O2. The molecule has 0 radical (unpaired) electrons. The second-order valence-corrected chi connectivity index (χ2v) is 9.48. The normalized spacial score (nSPS) is 16.7. The largest absolute Gasteiger partial charge is 0.343 e. The fourth-order valence-corrected chi connectivity index (χ4v) is 4.86. The highest BCUT2D eigenvalue weighted by Crippen LogP contribution is 2.09. The number of amides is 2. The summed E-state index contributed by atoms with van der Waals surface area (Å²) in [4.78, 5) is 33.1. The Balaban J connectivity index is 0.00000210. The number of carbonyl (C=O) groups excluding carboxylic acids is 2. The van der Waals surface area contributed by atoms with Gasteiger partial charge in [0, 0.05) is 69.7 Å². The summed E-state index contributed by atoms with van der Waals surface area (Å²) in [6.07, 6.45) is 7.30. The molecule has 0 N–H and O–H groups in total. The van der Waals surface area contributed by atoms with Gasteiger partial charge in [0.05, 0.1) is 5.35 Å². The first-order valence-corrected chi connectivity index (χ1v) is 13.6. The van der Waals surface area contributed by atoms with E-state index in [-0.39, 0.29) is 18.0 Å². The third-order valence-electron chi connectivity index (χ3n) is 6.97. The zero-order valence-electron chi connectivity index (χ0n) is 23.2. The van der Waals surface area contributed by atoms with Crippen LogP contribution in [0.4, 0.5) is 0 Å². The van der Waals surface area contributed by atoms with E-state index in [0.717, 1.165) is 75.6 Å². The van der Waals surface area contributed by atoms with E-state index in [1.165, 1.54) is 0 Å². The van der Waals surface area contributed by atoms with Crippen molar-refractivity contribution in [2.24, 2.45) is 0 Å². The molecule has 1 unspecified atom stereocenters. The minimum Gasteiger partial charge on any atom is -0.343 e. The molecule has 3 rings (SSSR count). The van der Waals surface area contributed by atoms with Crippen molar-refractivity contribution in [2.75, 3.05) is 58.9 Å². The molecule has 8 nitrogen and oxygen atoms in total. The molecule has 2 heterocycles. The Morgan fingerprint density at radius 1 is 1.06 bits per heavy atom. The summed E-state index contributed by atoms with van der Waals surface area (Å²) >= 11 is 0. The lowest BCUT2D eigenvalue weighted by Crippen LogP contribution is -2.50. The van der Waals surface area contributed by atoms with Crippen LogP contribution in [0.3, 0.4) is 0 Å². The van der Waals surface area contributed by atoms with Gasteiger partial charge in [-0.2, -0.15) is 5.10 Å². The average Bonchev–Trinajstić information content (AvgIpc) is 3.29. The Bertz CT molecular complexity index is 917. The topological polar surface area (TPSA) is 64.9 Å². The molecule has 1 aromatic heterocycles. The van der Waals surface area contributed by atoms with Crippen LogP contribution in [0.1, 0.15) is 77.8 Å². The fourth-order valence-electron chi connectivity index (χ4n) is 4.86. The van der Waals surface area contributed by atoms with Crippen molar-refractivity contribution < 1.29 is 9.59 Å². The van der Waals surface area contributed by atoms with Crippen molar-refractivity contribution in [2.45, 2.75) is 73.4 Å². The number of carbonyl (C=O) groups is 2. The fraction of sp³-hybridized carbons (Fsp3) is 0.741. The number of rotatable bonds is 11. The SMILES string of the molecule is CC.CCN(CC(C)N(CC)CCN1CCN(C=O)CC1)C(=O)c1nn(C(C)C)c2c1=CCCC=2. The zero-order chi connectivity index (χ0) is 26.0. The maximum atomic E-state index is 13.6. The van der Waals surface area contributed by atoms with Crippen LogP contribution in [0.15, 0.2) is 0 Å². The lowest BCUT2D eigenvalue weighted by Gasteiger charge is -2.36. The first kappa shape index (κ1) is 29.0. The minimum absolute atomic E-state index is 0.0348. The first-order chi connectivity index (χ1) is 16.9. The third kappa shape index (κ3) is 7.40. The molecule has 1 aromatic rings. The zero-order valence-corrected chi connectivity index (χ0v) is 23.2. The molecule has 198 valence electrons. The molecule has 2 amide bonds. The van der Waals surface area contributed by atoms with Crippen molar-refractivity contribution in [1.29, 1.82) is 0 Å². The summed E-state index contributed by atoms with van der Waals surface area (Å²) < 4.78 is 2.00. The van der Waals surface area contributed by atoms with Crippen molar-refractivity contribution in [3.05, 3.63) is 16.3 Å². The number of nitrogens with zero attached hydrogens (tertiary/aromatic N) is 6. The van der Waals surface area contributed by atoms with Crippen LogP contribution in [-0.4, -0.2) is 107 Å². The number of aromatic nitrogens is 2. The third-order valence-corrected chi connectivity index (χ3v) is 6.97. The average molecular weight is 489 g/mol. The highest BCUT2D eigenvalue weighted by atomic mass is 16.2. The van der Waals surface area contributed by atoms with Crippen molar-refractivity contribution in [3.63, 3.8) is 0 Å². The van der Waals surface area contributed by atoms with Gasteiger partial charge in [-0.15, -0.1) is 0 Å². The smallest absolute Gasteiger partial charge is 0.275 e. The van der Waals surface area contributed by atoms with Gasteiger partial charge in [-0.3, -0.25) is 24.1 Å². The van der Waals surface area contributed by atoms with Gasteiger partial charge in [0.15, 0.2) is 5.69 Å². The standard InChI is InChI=1S/C25H42N6O2.C2H6/c1-6-29(17-16-27-12-14-28(19-32)15-13-27)21(5)18-30(7-2)25(33)24-22-10-8-9-11-23(22)31(26-24)20(3)4;1-2/h10-11,19-21H,6-9,12-18H2,1-5H3;1-2H3. The minimum atomic E-state index is 0.0348. The quantitative estimate of drug-likeness (QED) is 0.445. The van der Waals surface area contributed by atoms with Crippen LogP contribution < -0.4 is 10.6 Å². The van der Waals surface area contributed by atoms with E-state index in [9.17, 15) is 9.59 Å². The van der Waals surface area contributed by atoms with Crippen molar-refractivity contribution >= 4 is 24.5 Å². The van der Waals surface area contributed by atoms with Gasteiger partial charge < -0.3 is 9.80 Å². The van der Waals surface area contributed by atoms with Gasteiger partial charge in [0.2, 0.25) is 6.41 Å². The predicted molar refractivity (Wildman–Crippen MR) is 144 cm³/mol. The van der Waals surface area contributed by atoms with Crippen molar-refractivity contribution in [3.8, 4) is 0 Å². The second kappa shape index (κ2) is 14.4. The molecule has 1 aliphatic heterocycles. The number of hydrogen-bond acceptors (Lipinski definition) is 5. The summed E-state index contributed by atoms with van der Waals surface area (Å²) in [5.74, 6) is 0.0348. The maximum absolute atomic E-state index is 13.6. The Hall–Kier alpha value is -2.19. The highest BCUT2D eigenvalue weighted by Gasteiger charge is 2.25. The summed E-state index contributed by atoms with van der Waals surface area (Å²) in [5, 5.41) is 6.86. The van der Waals surface area contributed by atoms with Crippen LogP contribution in [0.25, 0.3) is 12.2 Å². The van der Waals surface area contributed by atoms with Crippen LogP contribution in [0.5, 0.6) is 0 Å². The summed E-state index contributed by atoms with van der Waals surface area (Å²) in [5.41, 5.74) is 0.597. The molecular weight excluding hydrogens is 440 g/mol. The lowest BCUT2D eigenvalue weighted by atomic mass is 10.1. The Labute approximate surface area is 212 Å². The molecule has 1 saturated heterocycles. The summed E-state index contributed by atoms with van der Waals surface area (Å²) in [6.45, 7) is 22.4. The Morgan fingerprint density at radius 3 is 2.29 bits per heavy atom. The number of piperazine rings is 1. The maximum Gasteiger partial charge on any atom is 0.275 e. The summed E-state index contributed by atoms with van der Waals surface area (Å²) in [6, 6.07) is 0.481. The number of hydrogen-bond donors (Lipinski definition) is 0. The Kier molecular flexibility index (Phi) is 11.9. The second-order valence-electron chi connectivity index (χ2n) is 9.48. The van der Waals surface area contributed by atoms with Gasteiger partial charge >= 0.3 is 0 Å². The van der Waals surface area contributed by atoms with E-state index in [2.05, 4.69) is 56.6 Å². The first-order valence-electron chi connectivity index (χ1n) is 13.6. The molecule has 0 bridgehead atoms. The van der Waals surface area contributed by atoms with Crippen molar-refractivity contribution in [1.82, 2.24) is 29.4 Å².